The van der Waals surface area contributed by atoms with Gasteiger partial charge in [-0.15, -0.1) is 0 Å². The number of nitrogens with two attached hydrogens (primary N) is 1. The van der Waals surface area contributed by atoms with Crippen LogP contribution in [0.2, 0.25) is 0 Å². The second kappa shape index (κ2) is 11.7. The van der Waals surface area contributed by atoms with Crippen molar-refractivity contribution in [2.24, 2.45) is 11.7 Å². The van der Waals surface area contributed by atoms with Gasteiger partial charge >= 0.3 is 5.97 Å². The van der Waals surface area contributed by atoms with Gasteiger partial charge in [-0.05, 0) is 24.3 Å². The largest absolute Gasteiger partial charge is 0.480 e. The summed E-state index contributed by atoms with van der Waals surface area (Å²) in [6.07, 6.45) is 2.26. The van der Waals surface area contributed by atoms with Crippen LogP contribution in [-0.4, -0.2) is 66.0 Å². The Balaban J connectivity index is 4.57. The summed E-state index contributed by atoms with van der Waals surface area (Å²) >= 11 is 1.52. The standard InChI is InChI=1S/C14H26N4O5S/c1-8(2)12(15)14(23)18-9(4-5-24-3)13(22)17-6-10(19)16-7-11(20)21/h8-9,12H,4-7,15H2,1-3H3,(H,16,19)(H,17,22)(H,18,23)(H,20,21). The fraction of sp³-hybridized carbons (Fsp3) is 0.714. The third-order valence-corrected chi connectivity index (χ3v) is 3.77. The maximum atomic E-state index is 12.1. The maximum absolute atomic E-state index is 12.1. The van der Waals surface area contributed by atoms with Crippen molar-refractivity contribution in [1.29, 1.82) is 0 Å². The first kappa shape index (κ1) is 22.2. The van der Waals surface area contributed by atoms with Crippen LogP contribution >= 0.6 is 11.8 Å². The van der Waals surface area contributed by atoms with Crippen LogP contribution in [0.25, 0.3) is 0 Å². The summed E-state index contributed by atoms with van der Waals surface area (Å²) in [5, 5.41) is 15.6. The van der Waals surface area contributed by atoms with Gasteiger partial charge in [-0.25, -0.2) is 0 Å². The molecule has 0 aliphatic rings. The van der Waals surface area contributed by atoms with Gasteiger partial charge in [-0.3, -0.25) is 19.2 Å². The van der Waals surface area contributed by atoms with E-state index in [1.165, 1.54) is 11.8 Å². The first-order valence-electron chi connectivity index (χ1n) is 7.50. The molecule has 0 bridgehead atoms. The van der Waals surface area contributed by atoms with E-state index in [1.807, 2.05) is 6.26 Å². The van der Waals surface area contributed by atoms with E-state index in [0.29, 0.717) is 12.2 Å². The molecule has 0 saturated carbocycles. The lowest BCUT2D eigenvalue weighted by Gasteiger charge is -2.21. The normalized spacial score (nSPS) is 13.0. The van der Waals surface area contributed by atoms with Crippen molar-refractivity contribution in [3.8, 4) is 0 Å². The van der Waals surface area contributed by atoms with Crippen molar-refractivity contribution in [3.05, 3.63) is 0 Å². The van der Waals surface area contributed by atoms with Crippen LogP contribution in [0.15, 0.2) is 0 Å². The van der Waals surface area contributed by atoms with Crippen LogP contribution in [-0.2, 0) is 19.2 Å². The van der Waals surface area contributed by atoms with E-state index in [1.54, 1.807) is 13.8 Å². The molecule has 0 rings (SSSR count). The predicted molar refractivity (Wildman–Crippen MR) is 91.4 cm³/mol. The van der Waals surface area contributed by atoms with Crippen LogP contribution in [0.4, 0.5) is 0 Å². The van der Waals surface area contributed by atoms with Crippen LogP contribution in [0.5, 0.6) is 0 Å². The fourth-order valence-electron chi connectivity index (χ4n) is 1.60. The first-order valence-corrected chi connectivity index (χ1v) is 8.89. The van der Waals surface area contributed by atoms with Crippen molar-refractivity contribution >= 4 is 35.5 Å². The molecule has 0 radical (unpaired) electrons. The third-order valence-electron chi connectivity index (χ3n) is 3.12. The number of thioether (sulfide) groups is 1. The molecule has 0 heterocycles. The summed E-state index contributed by atoms with van der Waals surface area (Å²) in [6, 6.07) is -1.53. The molecule has 0 aromatic rings. The number of carbonyl (C=O) groups excluding carboxylic acids is 3. The highest BCUT2D eigenvalue weighted by Crippen LogP contribution is 2.04. The van der Waals surface area contributed by atoms with E-state index < -0.39 is 42.3 Å². The molecule has 3 amide bonds. The van der Waals surface area contributed by atoms with Crippen molar-refractivity contribution in [2.75, 3.05) is 25.1 Å². The molecular weight excluding hydrogens is 336 g/mol. The Morgan fingerprint density at radius 1 is 1.08 bits per heavy atom. The van der Waals surface area contributed by atoms with E-state index in [4.69, 9.17) is 10.8 Å². The monoisotopic (exact) mass is 362 g/mol. The van der Waals surface area contributed by atoms with E-state index in [-0.39, 0.29) is 12.5 Å². The zero-order valence-corrected chi connectivity index (χ0v) is 14.9. The molecule has 0 aromatic carbocycles. The molecule has 24 heavy (non-hydrogen) atoms. The molecule has 2 unspecified atom stereocenters. The third kappa shape index (κ3) is 9.36. The highest BCUT2D eigenvalue weighted by Gasteiger charge is 2.25. The van der Waals surface area contributed by atoms with Crippen LogP contribution in [0.1, 0.15) is 20.3 Å². The van der Waals surface area contributed by atoms with Crippen molar-refractivity contribution < 1.29 is 24.3 Å². The molecule has 2 atom stereocenters. The minimum atomic E-state index is -1.18. The zero-order valence-electron chi connectivity index (χ0n) is 14.1. The highest BCUT2D eigenvalue weighted by molar-refractivity contribution is 7.98. The Bertz CT molecular complexity index is 458. The maximum Gasteiger partial charge on any atom is 0.322 e. The number of carbonyl (C=O) groups is 4. The first-order chi connectivity index (χ1) is 11.2. The summed E-state index contributed by atoms with van der Waals surface area (Å²) < 4.78 is 0. The second-order valence-electron chi connectivity index (χ2n) is 5.50. The molecule has 0 aromatic heterocycles. The number of nitrogens with one attached hydrogen (secondary N) is 3. The molecule has 0 spiro atoms. The Morgan fingerprint density at radius 2 is 1.71 bits per heavy atom. The summed E-state index contributed by atoms with van der Waals surface area (Å²) in [6.45, 7) is 2.71. The number of hydrogen-bond donors (Lipinski definition) is 5. The van der Waals surface area contributed by atoms with Gasteiger partial charge in [-0.2, -0.15) is 11.8 Å². The van der Waals surface area contributed by atoms with Crippen LogP contribution in [0, 0.1) is 5.92 Å². The fourth-order valence-corrected chi connectivity index (χ4v) is 2.07. The van der Waals surface area contributed by atoms with Gasteiger partial charge in [0.2, 0.25) is 17.7 Å². The van der Waals surface area contributed by atoms with E-state index in [0.717, 1.165) is 0 Å². The summed E-state index contributed by atoms with van der Waals surface area (Å²) in [5.41, 5.74) is 5.76. The highest BCUT2D eigenvalue weighted by atomic mass is 32.2. The minimum Gasteiger partial charge on any atom is -0.480 e. The smallest absolute Gasteiger partial charge is 0.322 e. The topological polar surface area (TPSA) is 151 Å². The Hall–Kier alpha value is -1.81. The van der Waals surface area contributed by atoms with Crippen LogP contribution in [0.3, 0.4) is 0 Å². The number of amides is 3. The van der Waals surface area contributed by atoms with Gasteiger partial charge < -0.3 is 26.8 Å². The van der Waals surface area contributed by atoms with Gasteiger partial charge in [-0.1, -0.05) is 13.8 Å². The molecule has 0 aliphatic heterocycles. The average molecular weight is 362 g/mol. The molecule has 6 N–H and O–H groups in total. The average Bonchev–Trinajstić information content (AvgIpc) is 2.53. The molecule has 0 fully saturated rings. The molecular formula is C14H26N4O5S. The van der Waals surface area contributed by atoms with E-state index in [2.05, 4.69) is 16.0 Å². The van der Waals surface area contributed by atoms with Gasteiger partial charge in [0, 0.05) is 0 Å². The second-order valence-corrected chi connectivity index (χ2v) is 6.49. The Labute approximate surface area is 145 Å². The Kier molecular flexibility index (Phi) is 10.8. The van der Waals surface area contributed by atoms with Crippen LogP contribution < -0.4 is 21.7 Å². The van der Waals surface area contributed by atoms with Crippen molar-refractivity contribution in [2.45, 2.75) is 32.4 Å². The molecule has 10 heteroatoms. The lowest BCUT2D eigenvalue weighted by molar-refractivity contribution is -0.138. The zero-order chi connectivity index (χ0) is 18.7. The molecule has 138 valence electrons. The van der Waals surface area contributed by atoms with Gasteiger partial charge in [0.25, 0.3) is 0 Å². The number of aliphatic carboxylic acids is 1. The number of rotatable bonds is 11. The van der Waals surface area contributed by atoms with Crippen molar-refractivity contribution in [1.82, 2.24) is 16.0 Å². The predicted octanol–water partition coefficient (Wildman–Crippen LogP) is -1.48. The van der Waals surface area contributed by atoms with Gasteiger partial charge in [0.1, 0.15) is 12.6 Å². The van der Waals surface area contributed by atoms with E-state index in [9.17, 15) is 19.2 Å². The quantitative estimate of drug-likeness (QED) is 0.301. The van der Waals surface area contributed by atoms with Gasteiger partial charge in [0.15, 0.2) is 0 Å². The minimum absolute atomic E-state index is 0.0731. The summed E-state index contributed by atoms with van der Waals surface area (Å²) in [7, 11) is 0. The summed E-state index contributed by atoms with van der Waals surface area (Å²) in [5.74, 6) is -2.18. The van der Waals surface area contributed by atoms with E-state index >= 15 is 0 Å². The summed E-state index contributed by atoms with van der Waals surface area (Å²) in [4.78, 5) is 45.9. The SMILES string of the molecule is CSCCC(NC(=O)C(N)C(C)C)C(=O)NCC(=O)NCC(=O)O. The molecule has 0 aliphatic carbocycles. The number of carboxylic acid groups (broad SMARTS) is 1. The van der Waals surface area contributed by atoms with Crippen molar-refractivity contribution in [3.63, 3.8) is 0 Å². The Morgan fingerprint density at radius 3 is 2.21 bits per heavy atom. The number of hydrogen-bond acceptors (Lipinski definition) is 6. The molecule has 9 nitrogen and oxygen atoms in total. The lowest BCUT2D eigenvalue weighted by Crippen LogP contribution is -2.54. The number of carboxylic acids is 1. The lowest BCUT2D eigenvalue weighted by atomic mass is 10.0. The van der Waals surface area contributed by atoms with Gasteiger partial charge in [0.05, 0.1) is 12.6 Å². The molecule has 0 saturated heterocycles.